The second kappa shape index (κ2) is 7.09. The van der Waals surface area contributed by atoms with Gasteiger partial charge in [-0.1, -0.05) is 0 Å². The van der Waals surface area contributed by atoms with E-state index >= 15 is 0 Å². The SMILES string of the molecule is FC(F)(F)CCOCCNCC1CCCO1. The Kier molecular flexibility index (Phi) is 6.08. The van der Waals surface area contributed by atoms with E-state index in [1.807, 2.05) is 0 Å². The first-order valence-electron chi connectivity index (χ1n) is 5.55. The van der Waals surface area contributed by atoms with Crippen molar-refractivity contribution in [3.8, 4) is 0 Å². The van der Waals surface area contributed by atoms with Gasteiger partial charge in [-0.2, -0.15) is 13.2 Å². The minimum Gasteiger partial charge on any atom is -0.380 e. The number of halogens is 3. The molecule has 1 atom stereocenters. The molecule has 1 heterocycles. The van der Waals surface area contributed by atoms with Gasteiger partial charge in [-0.25, -0.2) is 0 Å². The van der Waals surface area contributed by atoms with Crippen LogP contribution in [0.2, 0.25) is 0 Å². The zero-order chi connectivity index (χ0) is 11.9. The highest BCUT2D eigenvalue weighted by molar-refractivity contribution is 4.67. The molecule has 1 N–H and O–H groups in total. The maximum Gasteiger partial charge on any atom is 0.391 e. The minimum atomic E-state index is -4.12. The topological polar surface area (TPSA) is 30.5 Å². The van der Waals surface area contributed by atoms with E-state index in [0.717, 1.165) is 26.0 Å². The van der Waals surface area contributed by atoms with Gasteiger partial charge in [-0.3, -0.25) is 0 Å². The molecular formula is C10H18F3NO2. The highest BCUT2D eigenvalue weighted by Gasteiger charge is 2.26. The number of hydrogen-bond acceptors (Lipinski definition) is 3. The first-order chi connectivity index (χ1) is 7.58. The van der Waals surface area contributed by atoms with Gasteiger partial charge in [0, 0.05) is 19.7 Å². The summed E-state index contributed by atoms with van der Waals surface area (Å²) in [7, 11) is 0. The largest absolute Gasteiger partial charge is 0.391 e. The van der Waals surface area contributed by atoms with Crippen LogP contribution < -0.4 is 5.32 Å². The molecule has 0 aromatic carbocycles. The molecule has 0 aliphatic carbocycles. The summed E-state index contributed by atoms with van der Waals surface area (Å²) in [6.45, 7) is 2.18. The zero-order valence-electron chi connectivity index (χ0n) is 9.18. The van der Waals surface area contributed by atoms with Crippen LogP contribution in [0, 0.1) is 0 Å². The average Bonchev–Trinajstić information content (AvgIpc) is 2.67. The van der Waals surface area contributed by atoms with E-state index in [2.05, 4.69) is 5.32 Å². The van der Waals surface area contributed by atoms with Crippen LogP contribution in [-0.2, 0) is 9.47 Å². The average molecular weight is 241 g/mol. The first-order valence-corrected chi connectivity index (χ1v) is 5.55. The summed E-state index contributed by atoms with van der Waals surface area (Å²) in [6, 6.07) is 0. The van der Waals surface area contributed by atoms with Crippen LogP contribution in [0.25, 0.3) is 0 Å². The molecule has 0 amide bonds. The molecule has 1 rings (SSSR count). The maximum atomic E-state index is 11.7. The smallest absolute Gasteiger partial charge is 0.380 e. The Morgan fingerprint density at radius 1 is 1.31 bits per heavy atom. The molecule has 6 heteroatoms. The van der Waals surface area contributed by atoms with Crippen molar-refractivity contribution in [2.24, 2.45) is 0 Å². The Bertz CT molecular complexity index is 181. The molecule has 1 unspecified atom stereocenters. The minimum absolute atomic E-state index is 0.259. The van der Waals surface area contributed by atoms with Crippen molar-refractivity contribution in [1.82, 2.24) is 5.32 Å². The standard InChI is InChI=1S/C10H18F3NO2/c11-10(12,13)3-6-15-7-4-14-8-9-2-1-5-16-9/h9,14H,1-8H2. The van der Waals surface area contributed by atoms with Crippen molar-refractivity contribution < 1.29 is 22.6 Å². The molecule has 1 fully saturated rings. The monoisotopic (exact) mass is 241 g/mol. The fourth-order valence-electron chi connectivity index (χ4n) is 1.50. The van der Waals surface area contributed by atoms with E-state index in [4.69, 9.17) is 9.47 Å². The number of hydrogen-bond donors (Lipinski definition) is 1. The molecule has 16 heavy (non-hydrogen) atoms. The van der Waals surface area contributed by atoms with Crippen LogP contribution in [0.15, 0.2) is 0 Å². The fourth-order valence-corrected chi connectivity index (χ4v) is 1.50. The Morgan fingerprint density at radius 3 is 2.75 bits per heavy atom. The van der Waals surface area contributed by atoms with Gasteiger partial charge in [0.05, 0.1) is 25.7 Å². The lowest BCUT2D eigenvalue weighted by atomic mass is 10.2. The second-order valence-corrected chi connectivity index (χ2v) is 3.82. The zero-order valence-corrected chi connectivity index (χ0v) is 9.18. The molecule has 0 aromatic rings. The third-order valence-electron chi connectivity index (χ3n) is 2.35. The Morgan fingerprint density at radius 2 is 2.12 bits per heavy atom. The normalized spacial score (nSPS) is 21.6. The summed E-state index contributed by atoms with van der Waals surface area (Å²) in [6.07, 6.45) is -2.59. The highest BCUT2D eigenvalue weighted by Crippen LogP contribution is 2.18. The third-order valence-corrected chi connectivity index (χ3v) is 2.35. The predicted molar refractivity (Wildman–Crippen MR) is 53.3 cm³/mol. The molecule has 0 saturated carbocycles. The third kappa shape index (κ3) is 7.03. The summed E-state index contributed by atoms with van der Waals surface area (Å²) < 4.78 is 45.4. The molecule has 1 aliphatic rings. The Hall–Kier alpha value is -0.330. The van der Waals surface area contributed by atoms with E-state index in [-0.39, 0.29) is 12.7 Å². The number of nitrogens with one attached hydrogen (secondary N) is 1. The first kappa shape index (κ1) is 13.7. The van der Waals surface area contributed by atoms with Crippen LogP contribution >= 0.6 is 0 Å². The van der Waals surface area contributed by atoms with Crippen molar-refractivity contribution in [3.63, 3.8) is 0 Å². The number of rotatable bonds is 7. The number of alkyl halides is 3. The molecule has 0 spiro atoms. The lowest BCUT2D eigenvalue weighted by Gasteiger charge is -2.11. The quantitative estimate of drug-likeness (QED) is 0.688. The van der Waals surface area contributed by atoms with Gasteiger partial charge < -0.3 is 14.8 Å². The van der Waals surface area contributed by atoms with E-state index < -0.39 is 12.6 Å². The van der Waals surface area contributed by atoms with Gasteiger partial charge in [-0.05, 0) is 12.8 Å². The van der Waals surface area contributed by atoms with E-state index in [1.165, 1.54) is 0 Å². The Labute approximate surface area is 93.3 Å². The molecule has 0 aromatic heterocycles. The van der Waals surface area contributed by atoms with Gasteiger partial charge >= 0.3 is 6.18 Å². The van der Waals surface area contributed by atoms with E-state index in [9.17, 15) is 13.2 Å². The van der Waals surface area contributed by atoms with Crippen LogP contribution in [0.3, 0.4) is 0 Å². The molecular weight excluding hydrogens is 223 g/mol. The fraction of sp³-hybridized carbons (Fsp3) is 1.00. The van der Waals surface area contributed by atoms with Gasteiger partial charge in [0.25, 0.3) is 0 Å². The van der Waals surface area contributed by atoms with Crippen LogP contribution in [-0.4, -0.2) is 45.2 Å². The van der Waals surface area contributed by atoms with Crippen molar-refractivity contribution in [2.75, 3.05) is 32.9 Å². The summed E-state index contributed by atoms with van der Waals surface area (Å²) in [5.41, 5.74) is 0. The van der Waals surface area contributed by atoms with Gasteiger partial charge in [0.15, 0.2) is 0 Å². The van der Waals surface area contributed by atoms with Gasteiger partial charge in [0.2, 0.25) is 0 Å². The lowest BCUT2D eigenvalue weighted by molar-refractivity contribution is -0.145. The van der Waals surface area contributed by atoms with Crippen LogP contribution in [0.5, 0.6) is 0 Å². The molecule has 96 valence electrons. The number of ether oxygens (including phenoxy) is 2. The van der Waals surface area contributed by atoms with Crippen LogP contribution in [0.4, 0.5) is 13.2 Å². The summed E-state index contributed by atoms with van der Waals surface area (Å²) in [5, 5.41) is 3.09. The van der Waals surface area contributed by atoms with Crippen molar-refractivity contribution in [2.45, 2.75) is 31.5 Å². The molecule has 1 aliphatic heterocycles. The molecule has 1 saturated heterocycles. The van der Waals surface area contributed by atoms with Gasteiger partial charge in [-0.15, -0.1) is 0 Å². The Balaban J connectivity index is 1.81. The molecule has 0 radical (unpaired) electrons. The van der Waals surface area contributed by atoms with Crippen LogP contribution in [0.1, 0.15) is 19.3 Å². The van der Waals surface area contributed by atoms with Crippen molar-refractivity contribution in [3.05, 3.63) is 0 Å². The second-order valence-electron chi connectivity index (χ2n) is 3.82. The molecule has 0 bridgehead atoms. The van der Waals surface area contributed by atoms with E-state index in [0.29, 0.717) is 13.2 Å². The van der Waals surface area contributed by atoms with E-state index in [1.54, 1.807) is 0 Å². The summed E-state index contributed by atoms with van der Waals surface area (Å²) in [4.78, 5) is 0. The maximum absolute atomic E-state index is 11.7. The summed E-state index contributed by atoms with van der Waals surface area (Å²) in [5.74, 6) is 0. The van der Waals surface area contributed by atoms with Crippen molar-refractivity contribution >= 4 is 0 Å². The van der Waals surface area contributed by atoms with Crippen molar-refractivity contribution in [1.29, 1.82) is 0 Å². The predicted octanol–water partition coefficient (Wildman–Crippen LogP) is 1.72. The highest BCUT2D eigenvalue weighted by atomic mass is 19.4. The lowest BCUT2D eigenvalue weighted by Crippen LogP contribution is -2.29. The molecule has 3 nitrogen and oxygen atoms in total. The summed E-state index contributed by atoms with van der Waals surface area (Å²) >= 11 is 0. The van der Waals surface area contributed by atoms with Gasteiger partial charge in [0.1, 0.15) is 0 Å².